The Morgan fingerprint density at radius 2 is 1.72 bits per heavy atom. The second-order valence-corrected chi connectivity index (χ2v) is 7.53. The maximum Gasteiger partial charge on any atom is 0.269 e. The van der Waals surface area contributed by atoms with Gasteiger partial charge in [0.15, 0.2) is 0 Å². The number of allylic oxidation sites excluding steroid dienone is 1. The summed E-state index contributed by atoms with van der Waals surface area (Å²) in [4.78, 5) is 28.9. The van der Waals surface area contributed by atoms with Gasteiger partial charge in [0.05, 0.1) is 27.6 Å². The van der Waals surface area contributed by atoms with Crippen LogP contribution in [0.5, 0.6) is 0 Å². The van der Waals surface area contributed by atoms with Crippen LogP contribution in [0.4, 0.5) is 17.3 Å². The Hall–Kier alpha value is -4.46. The van der Waals surface area contributed by atoms with Crippen LogP contribution in [-0.2, 0) is 4.79 Å². The van der Waals surface area contributed by atoms with Crippen molar-refractivity contribution in [3.8, 4) is 0 Å². The Morgan fingerprint density at radius 1 is 1.03 bits per heavy atom. The van der Waals surface area contributed by atoms with Gasteiger partial charge < -0.3 is 10.6 Å². The van der Waals surface area contributed by atoms with Crippen LogP contribution in [0.25, 0.3) is 11.0 Å². The third-order valence-electron chi connectivity index (χ3n) is 5.53. The van der Waals surface area contributed by atoms with Crippen molar-refractivity contribution < 1.29 is 9.72 Å². The number of aromatic nitrogens is 2. The van der Waals surface area contributed by atoms with Gasteiger partial charge in [-0.25, -0.2) is 4.98 Å². The molecule has 8 heteroatoms. The zero-order chi connectivity index (χ0) is 22.2. The molecule has 0 fully saturated rings. The highest BCUT2D eigenvalue weighted by atomic mass is 16.6. The van der Waals surface area contributed by atoms with Crippen molar-refractivity contribution in [3.05, 3.63) is 106 Å². The number of benzene rings is 3. The van der Waals surface area contributed by atoms with Gasteiger partial charge in [0, 0.05) is 23.5 Å². The second-order valence-electron chi connectivity index (χ2n) is 7.53. The molecule has 1 atom stereocenters. The molecule has 32 heavy (non-hydrogen) atoms. The van der Waals surface area contributed by atoms with E-state index in [1.54, 1.807) is 12.1 Å². The van der Waals surface area contributed by atoms with Crippen LogP contribution in [0.15, 0.2) is 90.1 Å². The average Bonchev–Trinajstić information content (AvgIpc) is 3.16. The van der Waals surface area contributed by atoms with Crippen molar-refractivity contribution in [2.75, 3.05) is 10.6 Å². The maximum atomic E-state index is 13.5. The molecule has 1 aliphatic heterocycles. The van der Waals surface area contributed by atoms with Gasteiger partial charge in [0.2, 0.25) is 5.95 Å². The molecule has 4 aromatic rings. The Labute approximate surface area is 183 Å². The van der Waals surface area contributed by atoms with E-state index in [1.807, 2.05) is 66.1 Å². The molecule has 1 aliphatic rings. The van der Waals surface area contributed by atoms with Crippen LogP contribution in [0.1, 0.15) is 18.5 Å². The van der Waals surface area contributed by atoms with Gasteiger partial charge in [-0.1, -0.05) is 30.3 Å². The number of anilines is 2. The van der Waals surface area contributed by atoms with E-state index in [4.69, 9.17) is 0 Å². The summed E-state index contributed by atoms with van der Waals surface area (Å²) in [7, 11) is 0. The first kappa shape index (κ1) is 19.5. The minimum atomic E-state index is -0.511. The predicted octanol–water partition coefficient (Wildman–Crippen LogP) is 4.87. The Kier molecular flexibility index (Phi) is 4.67. The molecular weight excluding hydrogens is 406 g/mol. The molecule has 0 aliphatic carbocycles. The lowest BCUT2D eigenvalue weighted by Gasteiger charge is -2.30. The van der Waals surface area contributed by atoms with Crippen molar-refractivity contribution in [2.45, 2.75) is 13.0 Å². The standard InChI is InChI=1S/C24H19N5O3/c1-15-21(23(30)26-17-7-3-2-4-8-17)22(16-11-13-18(14-12-16)29(31)32)28-20-10-6-5-9-19(20)27-24(28)25-15/h2-14,22H,1H3,(H,25,27)(H,26,30). The zero-order valence-corrected chi connectivity index (χ0v) is 17.1. The van der Waals surface area contributed by atoms with E-state index in [2.05, 4.69) is 15.6 Å². The largest absolute Gasteiger partial charge is 0.329 e. The fraction of sp³-hybridized carbons (Fsp3) is 0.0833. The fourth-order valence-corrected chi connectivity index (χ4v) is 4.07. The maximum absolute atomic E-state index is 13.5. The van der Waals surface area contributed by atoms with Crippen LogP contribution >= 0.6 is 0 Å². The number of nitro benzene ring substituents is 1. The Bertz CT molecular complexity index is 1370. The van der Waals surface area contributed by atoms with Crippen molar-refractivity contribution in [2.24, 2.45) is 0 Å². The molecule has 3 aromatic carbocycles. The highest BCUT2D eigenvalue weighted by Crippen LogP contribution is 2.39. The van der Waals surface area contributed by atoms with E-state index in [0.29, 0.717) is 22.9 Å². The smallest absolute Gasteiger partial charge is 0.269 e. The van der Waals surface area contributed by atoms with E-state index in [1.165, 1.54) is 12.1 Å². The van der Waals surface area contributed by atoms with E-state index in [0.717, 1.165) is 16.6 Å². The summed E-state index contributed by atoms with van der Waals surface area (Å²) in [5.74, 6) is 0.358. The van der Waals surface area contributed by atoms with Gasteiger partial charge in [-0.15, -0.1) is 0 Å². The molecule has 0 saturated heterocycles. The van der Waals surface area contributed by atoms with Crippen molar-refractivity contribution in [1.82, 2.24) is 9.55 Å². The van der Waals surface area contributed by atoms with Gasteiger partial charge in [0.1, 0.15) is 0 Å². The minimum absolute atomic E-state index is 0.00520. The summed E-state index contributed by atoms with van der Waals surface area (Å²) in [5.41, 5.74) is 4.26. The number of carbonyl (C=O) groups is 1. The van der Waals surface area contributed by atoms with Crippen molar-refractivity contribution >= 4 is 34.3 Å². The van der Waals surface area contributed by atoms with E-state index >= 15 is 0 Å². The monoisotopic (exact) mass is 425 g/mol. The number of carbonyl (C=O) groups excluding carboxylic acids is 1. The summed E-state index contributed by atoms with van der Waals surface area (Å²) in [6.07, 6.45) is 0. The molecule has 1 amide bonds. The number of fused-ring (bicyclic) bond motifs is 3. The lowest BCUT2D eigenvalue weighted by molar-refractivity contribution is -0.384. The Morgan fingerprint density at radius 3 is 2.44 bits per heavy atom. The highest BCUT2D eigenvalue weighted by Gasteiger charge is 2.34. The number of amides is 1. The average molecular weight is 425 g/mol. The first-order valence-corrected chi connectivity index (χ1v) is 10.1. The van der Waals surface area contributed by atoms with Gasteiger partial charge in [0.25, 0.3) is 11.6 Å². The lowest BCUT2D eigenvalue weighted by Crippen LogP contribution is -2.30. The molecular formula is C24H19N5O3. The summed E-state index contributed by atoms with van der Waals surface area (Å²) in [6, 6.07) is 22.7. The molecule has 1 aromatic heterocycles. The molecule has 0 bridgehead atoms. The fourth-order valence-electron chi connectivity index (χ4n) is 4.07. The van der Waals surface area contributed by atoms with Gasteiger partial charge in [-0.05, 0) is 48.9 Å². The van der Waals surface area contributed by atoms with Crippen molar-refractivity contribution in [3.63, 3.8) is 0 Å². The Balaban J connectivity index is 1.67. The SMILES string of the molecule is CC1=C(C(=O)Nc2ccccc2)C(c2ccc([N+](=O)[O-])cc2)n2c(nc3ccccc32)N1. The highest BCUT2D eigenvalue weighted by molar-refractivity contribution is 6.06. The molecule has 158 valence electrons. The third kappa shape index (κ3) is 3.27. The normalized spacial score (nSPS) is 15.2. The number of nitrogens with one attached hydrogen (secondary N) is 2. The topological polar surface area (TPSA) is 102 Å². The summed E-state index contributed by atoms with van der Waals surface area (Å²) >= 11 is 0. The van der Waals surface area contributed by atoms with E-state index < -0.39 is 11.0 Å². The van der Waals surface area contributed by atoms with Gasteiger partial charge in [-0.3, -0.25) is 19.5 Å². The summed E-state index contributed by atoms with van der Waals surface area (Å²) in [6.45, 7) is 1.83. The molecule has 5 rings (SSSR count). The number of non-ortho nitro benzene ring substituents is 1. The van der Waals surface area contributed by atoms with Gasteiger partial charge >= 0.3 is 0 Å². The molecule has 2 N–H and O–H groups in total. The number of para-hydroxylation sites is 3. The number of hydrogen-bond donors (Lipinski definition) is 2. The number of hydrogen-bond acceptors (Lipinski definition) is 5. The number of imidazole rings is 1. The predicted molar refractivity (Wildman–Crippen MR) is 122 cm³/mol. The molecule has 0 saturated carbocycles. The van der Waals surface area contributed by atoms with Crippen LogP contribution in [0, 0.1) is 10.1 Å². The second kappa shape index (κ2) is 7.66. The molecule has 2 heterocycles. The first-order chi connectivity index (χ1) is 15.5. The molecule has 1 unspecified atom stereocenters. The summed E-state index contributed by atoms with van der Waals surface area (Å²) < 4.78 is 1.96. The zero-order valence-electron chi connectivity index (χ0n) is 17.1. The molecule has 0 radical (unpaired) electrons. The van der Waals surface area contributed by atoms with Crippen LogP contribution in [-0.4, -0.2) is 20.4 Å². The minimum Gasteiger partial charge on any atom is -0.329 e. The summed E-state index contributed by atoms with van der Waals surface area (Å²) in [5, 5.41) is 17.4. The van der Waals surface area contributed by atoms with Crippen LogP contribution in [0.3, 0.4) is 0 Å². The lowest BCUT2D eigenvalue weighted by atomic mass is 9.94. The van der Waals surface area contributed by atoms with Crippen LogP contribution < -0.4 is 10.6 Å². The quantitative estimate of drug-likeness (QED) is 0.359. The number of nitro groups is 1. The third-order valence-corrected chi connectivity index (χ3v) is 5.53. The molecule has 0 spiro atoms. The molecule has 8 nitrogen and oxygen atoms in total. The van der Waals surface area contributed by atoms with Crippen LogP contribution in [0.2, 0.25) is 0 Å². The number of rotatable bonds is 4. The number of nitrogens with zero attached hydrogens (tertiary/aromatic N) is 3. The van der Waals surface area contributed by atoms with E-state index in [9.17, 15) is 14.9 Å². The van der Waals surface area contributed by atoms with Crippen molar-refractivity contribution in [1.29, 1.82) is 0 Å². The van der Waals surface area contributed by atoms with E-state index in [-0.39, 0.29) is 11.6 Å². The first-order valence-electron chi connectivity index (χ1n) is 10.1. The van der Waals surface area contributed by atoms with Gasteiger partial charge in [-0.2, -0.15) is 0 Å².